The van der Waals surface area contributed by atoms with Crippen molar-refractivity contribution < 1.29 is 22.7 Å². The average molecular weight is 304 g/mol. The summed E-state index contributed by atoms with van der Waals surface area (Å²) in [6.07, 6.45) is -0.364. The van der Waals surface area contributed by atoms with Crippen LogP contribution in [0.3, 0.4) is 0 Å². The molecule has 8 heteroatoms. The number of esters is 1. The van der Waals surface area contributed by atoms with Crippen LogP contribution >= 0.6 is 11.8 Å². The second-order valence-corrected chi connectivity index (χ2v) is 4.79. The summed E-state index contributed by atoms with van der Waals surface area (Å²) in [7, 11) is 1.13. The summed E-state index contributed by atoms with van der Waals surface area (Å²) in [5.41, 5.74) is 1.45. The Bertz CT molecular complexity index is 553. The first-order chi connectivity index (χ1) is 9.32. The second-order valence-electron chi connectivity index (χ2n) is 3.69. The van der Waals surface area contributed by atoms with Gasteiger partial charge in [-0.15, -0.1) is 0 Å². The molecule has 0 unspecified atom stereocenters. The van der Waals surface area contributed by atoms with E-state index in [2.05, 4.69) is 4.74 Å². The van der Waals surface area contributed by atoms with E-state index in [1.807, 2.05) is 6.07 Å². The number of nitrogens with zero attached hydrogens (tertiary/aromatic N) is 1. The SMILES string of the molecule is COC(=O)Cc1c(SC(F)(F)F)ccc(C#N)c1CN. The zero-order chi connectivity index (χ0) is 15.3. The van der Waals surface area contributed by atoms with Gasteiger partial charge in [0.1, 0.15) is 0 Å². The molecule has 0 amide bonds. The molecule has 108 valence electrons. The van der Waals surface area contributed by atoms with E-state index in [4.69, 9.17) is 11.0 Å². The largest absolute Gasteiger partial charge is 0.469 e. The molecule has 20 heavy (non-hydrogen) atoms. The number of carbonyl (C=O) groups is 1. The zero-order valence-electron chi connectivity index (χ0n) is 10.5. The molecule has 1 rings (SSSR count). The number of hydrogen-bond donors (Lipinski definition) is 1. The molecule has 0 aliphatic heterocycles. The first-order valence-corrected chi connectivity index (χ1v) is 6.21. The number of nitriles is 1. The lowest BCUT2D eigenvalue weighted by Crippen LogP contribution is -2.13. The number of rotatable bonds is 4. The Morgan fingerprint density at radius 3 is 2.55 bits per heavy atom. The van der Waals surface area contributed by atoms with Gasteiger partial charge in [0.05, 0.1) is 25.2 Å². The Kier molecular flexibility index (Phi) is 5.42. The van der Waals surface area contributed by atoms with Crippen molar-refractivity contribution in [3.8, 4) is 6.07 Å². The van der Waals surface area contributed by atoms with Crippen molar-refractivity contribution in [3.63, 3.8) is 0 Å². The number of carbonyl (C=O) groups excluding carboxylic acids is 1. The number of thioether (sulfide) groups is 1. The van der Waals surface area contributed by atoms with Gasteiger partial charge in [0.15, 0.2) is 0 Å². The number of methoxy groups -OCH3 is 1. The van der Waals surface area contributed by atoms with Gasteiger partial charge in [-0.1, -0.05) is 0 Å². The van der Waals surface area contributed by atoms with E-state index in [0.29, 0.717) is 0 Å². The second kappa shape index (κ2) is 6.63. The number of hydrogen-bond acceptors (Lipinski definition) is 5. The Morgan fingerprint density at radius 1 is 1.45 bits per heavy atom. The minimum absolute atomic E-state index is 0.0840. The number of halogens is 3. The molecule has 1 aromatic carbocycles. The molecule has 4 nitrogen and oxygen atoms in total. The standard InChI is InChI=1S/C12H11F3N2O2S/c1-19-11(18)4-8-9(6-17)7(5-16)2-3-10(8)20-12(13,14)15/h2-3H,4,6,17H2,1H3. The van der Waals surface area contributed by atoms with Crippen LogP contribution in [0, 0.1) is 11.3 Å². The lowest BCUT2D eigenvalue weighted by molar-refractivity contribution is -0.139. The molecule has 0 saturated carbocycles. The Hall–Kier alpha value is -1.72. The van der Waals surface area contributed by atoms with Crippen molar-refractivity contribution in [2.75, 3.05) is 7.11 Å². The molecule has 0 atom stereocenters. The van der Waals surface area contributed by atoms with Crippen molar-refractivity contribution in [2.45, 2.75) is 23.4 Å². The minimum atomic E-state index is -4.50. The molecule has 1 aromatic rings. The zero-order valence-corrected chi connectivity index (χ0v) is 11.3. The van der Waals surface area contributed by atoms with Crippen LogP contribution in [0.15, 0.2) is 17.0 Å². The summed E-state index contributed by atoms with van der Waals surface area (Å²) < 4.78 is 42.0. The van der Waals surface area contributed by atoms with Crippen molar-refractivity contribution in [1.29, 1.82) is 5.26 Å². The molecule has 0 spiro atoms. The van der Waals surface area contributed by atoms with Crippen molar-refractivity contribution in [2.24, 2.45) is 5.73 Å². The minimum Gasteiger partial charge on any atom is -0.469 e. The normalized spacial score (nSPS) is 11.0. The van der Waals surface area contributed by atoms with E-state index in [9.17, 15) is 18.0 Å². The summed E-state index contributed by atoms with van der Waals surface area (Å²) in [6.45, 7) is -0.137. The predicted molar refractivity (Wildman–Crippen MR) is 66.7 cm³/mol. The lowest BCUT2D eigenvalue weighted by Gasteiger charge is -2.15. The van der Waals surface area contributed by atoms with Crippen LogP contribution in [0.5, 0.6) is 0 Å². The third-order valence-corrected chi connectivity index (χ3v) is 3.32. The topological polar surface area (TPSA) is 76.1 Å². The first-order valence-electron chi connectivity index (χ1n) is 5.39. The highest BCUT2D eigenvalue weighted by molar-refractivity contribution is 8.00. The number of nitrogens with two attached hydrogens (primary N) is 1. The van der Waals surface area contributed by atoms with Gasteiger partial charge >= 0.3 is 11.5 Å². The smallest absolute Gasteiger partial charge is 0.446 e. The molecule has 0 aliphatic carbocycles. The van der Waals surface area contributed by atoms with E-state index in [-0.39, 0.29) is 46.3 Å². The van der Waals surface area contributed by atoms with Crippen LogP contribution in [0.1, 0.15) is 16.7 Å². The average Bonchev–Trinajstić information content (AvgIpc) is 2.38. The highest BCUT2D eigenvalue weighted by atomic mass is 32.2. The van der Waals surface area contributed by atoms with Crippen LogP contribution in [0.2, 0.25) is 0 Å². The van der Waals surface area contributed by atoms with Crippen molar-refractivity contribution >= 4 is 17.7 Å². The highest BCUT2D eigenvalue weighted by Crippen LogP contribution is 2.40. The number of ether oxygens (including phenoxy) is 1. The van der Waals surface area contributed by atoms with Crippen LogP contribution in [-0.2, 0) is 22.5 Å². The molecule has 0 bridgehead atoms. The van der Waals surface area contributed by atoms with E-state index < -0.39 is 11.5 Å². The van der Waals surface area contributed by atoms with Crippen LogP contribution in [0.25, 0.3) is 0 Å². The van der Waals surface area contributed by atoms with E-state index in [1.54, 1.807) is 0 Å². The summed E-state index contributed by atoms with van der Waals surface area (Å²) in [5, 5.41) is 8.94. The van der Waals surface area contributed by atoms with Gasteiger partial charge in [0, 0.05) is 11.4 Å². The highest BCUT2D eigenvalue weighted by Gasteiger charge is 2.31. The molecule has 0 heterocycles. The van der Waals surface area contributed by atoms with E-state index in [1.165, 1.54) is 6.07 Å². The Labute approximate surface area is 117 Å². The fourth-order valence-corrected chi connectivity index (χ4v) is 2.34. The Morgan fingerprint density at radius 2 is 2.10 bits per heavy atom. The number of alkyl halides is 3. The van der Waals surface area contributed by atoms with Gasteiger partial charge in [-0.3, -0.25) is 4.79 Å². The quantitative estimate of drug-likeness (QED) is 0.682. The maximum atomic E-state index is 12.5. The van der Waals surface area contributed by atoms with Gasteiger partial charge in [-0.05, 0) is 35.0 Å². The molecule has 0 aliphatic rings. The van der Waals surface area contributed by atoms with E-state index >= 15 is 0 Å². The third kappa shape index (κ3) is 4.15. The van der Waals surface area contributed by atoms with Crippen LogP contribution < -0.4 is 5.73 Å². The van der Waals surface area contributed by atoms with Gasteiger partial charge in [-0.25, -0.2) is 0 Å². The van der Waals surface area contributed by atoms with Crippen molar-refractivity contribution in [1.82, 2.24) is 0 Å². The lowest BCUT2D eigenvalue weighted by atomic mass is 9.99. The van der Waals surface area contributed by atoms with Gasteiger partial charge in [0.25, 0.3) is 0 Å². The molecular formula is C12H11F3N2O2S. The summed E-state index contributed by atoms with van der Waals surface area (Å²) >= 11 is -0.344. The van der Waals surface area contributed by atoms with Crippen molar-refractivity contribution in [3.05, 3.63) is 28.8 Å². The maximum absolute atomic E-state index is 12.5. The molecule has 0 radical (unpaired) electrons. The van der Waals surface area contributed by atoms with Gasteiger partial charge < -0.3 is 10.5 Å². The summed E-state index contributed by atoms with van der Waals surface area (Å²) in [5.74, 6) is -0.696. The Balaban J connectivity index is 3.36. The van der Waals surface area contributed by atoms with Gasteiger partial charge in [0.2, 0.25) is 0 Å². The monoisotopic (exact) mass is 304 g/mol. The number of benzene rings is 1. The summed E-state index contributed by atoms with van der Waals surface area (Å²) in [6, 6.07) is 4.27. The van der Waals surface area contributed by atoms with E-state index in [0.717, 1.165) is 13.2 Å². The fourth-order valence-electron chi connectivity index (χ4n) is 1.64. The molecular weight excluding hydrogens is 293 g/mol. The third-order valence-electron chi connectivity index (χ3n) is 2.49. The maximum Gasteiger partial charge on any atom is 0.446 e. The summed E-state index contributed by atoms with van der Waals surface area (Å²) in [4.78, 5) is 11.2. The molecule has 0 saturated heterocycles. The molecule has 0 aromatic heterocycles. The van der Waals surface area contributed by atoms with Crippen LogP contribution in [0.4, 0.5) is 13.2 Å². The molecule has 0 fully saturated rings. The predicted octanol–water partition coefficient (Wildman–Crippen LogP) is 2.34. The first kappa shape index (κ1) is 16.3. The van der Waals surface area contributed by atoms with Gasteiger partial charge in [-0.2, -0.15) is 18.4 Å². The molecule has 2 N–H and O–H groups in total. The fraction of sp³-hybridized carbons (Fsp3) is 0.333. The van der Waals surface area contributed by atoms with Crippen LogP contribution in [-0.4, -0.2) is 18.6 Å².